The Hall–Kier alpha value is -1.85. The highest BCUT2D eigenvalue weighted by molar-refractivity contribution is 5.38. The maximum Gasteiger partial charge on any atom is 0.124 e. The lowest BCUT2D eigenvalue weighted by Crippen LogP contribution is -2.40. The highest BCUT2D eigenvalue weighted by atomic mass is 15.3. The molecule has 0 spiro atoms. The number of rotatable bonds is 5. The summed E-state index contributed by atoms with van der Waals surface area (Å²) in [5.41, 5.74) is 2.51. The average molecular weight is 325 g/mol. The van der Waals surface area contributed by atoms with E-state index in [0.29, 0.717) is 12.0 Å². The Labute approximate surface area is 144 Å². The van der Waals surface area contributed by atoms with Crippen LogP contribution in [0.1, 0.15) is 17.7 Å². The predicted molar refractivity (Wildman–Crippen MR) is 97.1 cm³/mol. The minimum atomic E-state index is 0.611. The zero-order valence-electron chi connectivity index (χ0n) is 14.4. The van der Waals surface area contributed by atoms with Crippen LogP contribution < -0.4 is 10.6 Å². The molecule has 2 N–H and O–H groups in total. The number of hydrogen-bond acceptors (Lipinski definition) is 4. The lowest BCUT2D eigenvalue weighted by atomic mass is 10.1. The van der Waals surface area contributed by atoms with Crippen LogP contribution in [0.5, 0.6) is 0 Å². The van der Waals surface area contributed by atoms with Crippen LogP contribution in [0.3, 0.4) is 0 Å². The van der Waals surface area contributed by atoms with Crippen LogP contribution in [0.2, 0.25) is 0 Å². The van der Waals surface area contributed by atoms with E-state index >= 15 is 0 Å². The lowest BCUT2D eigenvalue weighted by Gasteiger charge is -2.26. The first-order valence-corrected chi connectivity index (χ1v) is 9.04. The van der Waals surface area contributed by atoms with Crippen molar-refractivity contribution in [3.63, 3.8) is 0 Å². The van der Waals surface area contributed by atoms with Gasteiger partial charge in [-0.05, 0) is 18.9 Å². The molecule has 2 aliphatic heterocycles. The van der Waals surface area contributed by atoms with Gasteiger partial charge in [-0.25, -0.2) is 4.68 Å². The standard InChI is InChI=1S/C19H27N5/c1-15-9-19-21-11-17(13-24(19)22-15)10-20-18-7-8-23(14-18)12-16-5-3-2-4-6-16/h2-6,9,17-18,20-21H,7-8,10-14H2,1H3/t17-,18-/m1/s1. The number of aryl methyl sites for hydroxylation is 1. The first-order valence-electron chi connectivity index (χ1n) is 9.04. The molecule has 1 saturated heterocycles. The maximum absolute atomic E-state index is 4.56. The second-order valence-electron chi connectivity index (χ2n) is 7.21. The Morgan fingerprint density at radius 1 is 1.25 bits per heavy atom. The van der Waals surface area contributed by atoms with Gasteiger partial charge in [0.2, 0.25) is 0 Å². The van der Waals surface area contributed by atoms with Crippen molar-refractivity contribution in [1.29, 1.82) is 0 Å². The Morgan fingerprint density at radius 2 is 2.12 bits per heavy atom. The molecule has 4 rings (SSSR count). The number of hydrogen-bond donors (Lipinski definition) is 2. The van der Waals surface area contributed by atoms with E-state index in [1.165, 1.54) is 24.3 Å². The van der Waals surface area contributed by atoms with E-state index in [4.69, 9.17) is 0 Å². The molecule has 0 unspecified atom stereocenters. The molecule has 0 amide bonds. The Morgan fingerprint density at radius 3 is 3.00 bits per heavy atom. The van der Waals surface area contributed by atoms with Gasteiger partial charge >= 0.3 is 0 Å². The van der Waals surface area contributed by atoms with Crippen LogP contribution in [0, 0.1) is 12.8 Å². The number of likely N-dealkylation sites (tertiary alicyclic amines) is 1. The van der Waals surface area contributed by atoms with Crippen LogP contribution in [0.25, 0.3) is 0 Å². The van der Waals surface area contributed by atoms with E-state index in [1.54, 1.807) is 0 Å². The molecule has 5 nitrogen and oxygen atoms in total. The number of anilines is 1. The van der Waals surface area contributed by atoms with Crippen LogP contribution in [0.15, 0.2) is 36.4 Å². The molecular formula is C19H27N5. The van der Waals surface area contributed by atoms with Gasteiger partial charge in [0.1, 0.15) is 5.82 Å². The van der Waals surface area contributed by atoms with Crippen molar-refractivity contribution in [2.75, 3.05) is 31.5 Å². The number of nitrogens with one attached hydrogen (secondary N) is 2. The van der Waals surface area contributed by atoms with Gasteiger partial charge in [0.15, 0.2) is 0 Å². The molecule has 2 aromatic rings. The molecule has 5 heteroatoms. The van der Waals surface area contributed by atoms with E-state index in [-0.39, 0.29) is 0 Å². The first-order chi connectivity index (χ1) is 11.8. The predicted octanol–water partition coefficient (Wildman–Crippen LogP) is 2.10. The number of benzene rings is 1. The monoisotopic (exact) mass is 325 g/mol. The highest BCUT2D eigenvalue weighted by Crippen LogP contribution is 2.19. The summed E-state index contributed by atoms with van der Waals surface area (Å²) in [5.74, 6) is 1.78. The third kappa shape index (κ3) is 3.62. The van der Waals surface area contributed by atoms with E-state index < -0.39 is 0 Å². The fourth-order valence-electron chi connectivity index (χ4n) is 3.84. The quantitative estimate of drug-likeness (QED) is 0.884. The topological polar surface area (TPSA) is 45.1 Å². The second kappa shape index (κ2) is 6.95. The minimum Gasteiger partial charge on any atom is -0.370 e. The summed E-state index contributed by atoms with van der Waals surface area (Å²) in [6, 6.07) is 13.5. The number of fused-ring (bicyclic) bond motifs is 1. The summed E-state index contributed by atoms with van der Waals surface area (Å²) in [4.78, 5) is 2.56. The largest absolute Gasteiger partial charge is 0.370 e. The zero-order chi connectivity index (χ0) is 16.4. The van der Waals surface area contributed by atoms with E-state index in [9.17, 15) is 0 Å². The molecule has 128 valence electrons. The van der Waals surface area contributed by atoms with E-state index in [0.717, 1.165) is 38.4 Å². The van der Waals surface area contributed by atoms with E-state index in [1.807, 2.05) is 0 Å². The second-order valence-corrected chi connectivity index (χ2v) is 7.21. The number of nitrogens with zero attached hydrogens (tertiary/aromatic N) is 3. The van der Waals surface area contributed by atoms with Crippen LogP contribution in [-0.2, 0) is 13.1 Å². The van der Waals surface area contributed by atoms with E-state index in [2.05, 4.69) is 68.6 Å². The van der Waals surface area contributed by atoms with Crippen LogP contribution in [-0.4, -0.2) is 46.9 Å². The molecule has 1 aromatic carbocycles. The Bertz CT molecular complexity index is 666. The molecule has 0 radical (unpaired) electrons. The van der Waals surface area contributed by atoms with Gasteiger partial charge in [0, 0.05) is 57.3 Å². The molecule has 3 heterocycles. The van der Waals surface area contributed by atoms with Crippen molar-refractivity contribution < 1.29 is 0 Å². The van der Waals surface area contributed by atoms with Gasteiger partial charge in [0.05, 0.1) is 5.69 Å². The molecule has 2 aliphatic rings. The summed E-state index contributed by atoms with van der Waals surface area (Å²) >= 11 is 0. The van der Waals surface area contributed by atoms with Crippen molar-refractivity contribution in [2.45, 2.75) is 32.5 Å². The van der Waals surface area contributed by atoms with Gasteiger partial charge in [-0.3, -0.25) is 4.90 Å². The van der Waals surface area contributed by atoms with Gasteiger partial charge in [-0.1, -0.05) is 30.3 Å². The van der Waals surface area contributed by atoms with Gasteiger partial charge < -0.3 is 10.6 Å². The normalized spacial score (nSPS) is 23.9. The third-order valence-electron chi connectivity index (χ3n) is 5.12. The molecular weight excluding hydrogens is 298 g/mol. The molecule has 24 heavy (non-hydrogen) atoms. The van der Waals surface area contributed by atoms with Crippen molar-refractivity contribution in [3.05, 3.63) is 47.7 Å². The van der Waals surface area contributed by atoms with Gasteiger partial charge in [0.25, 0.3) is 0 Å². The fraction of sp³-hybridized carbons (Fsp3) is 0.526. The van der Waals surface area contributed by atoms with Crippen molar-refractivity contribution in [1.82, 2.24) is 20.0 Å². The van der Waals surface area contributed by atoms with Crippen molar-refractivity contribution in [2.24, 2.45) is 5.92 Å². The summed E-state index contributed by atoms with van der Waals surface area (Å²) in [6.07, 6.45) is 1.25. The smallest absolute Gasteiger partial charge is 0.124 e. The number of aromatic nitrogens is 2. The Kier molecular flexibility index (Phi) is 4.54. The van der Waals surface area contributed by atoms with Gasteiger partial charge in [-0.2, -0.15) is 5.10 Å². The lowest BCUT2D eigenvalue weighted by molar-refractivity contribution is 0.312. The molecule has 0 bridgehead atoms. The van der Waals surface area contributed by atoms with Crippen molar-refractivity contribution >= 4 is 5.82 Å². The molecule has 0 aliphatic carbocycles. The van der Waals surface area contributed by atoms with Crippen molar-refractivity contribution in [3.8, 4) is 0 Å². The average Bonchev–Trinajstić information content (AvgIpc) is 3.18. The van der Waals surface area contributed by atoms with Gasteiger partial charge in [-0.15, -0.1) is 0 Å². The minimum absolute atomic E-state index is 0.611. The maximum atomic E-state index is 4.56. The SMILES string of the molecule is Cc1cc2n(n1)C[C@H](CN[C@@H]1CCN(Cc3ccccc3)C1)CN2. The summed E-state index contributed by atoms with van der Waals surface area (Å²) < 4.78 is 2.11. The molecule has 2 atom stereocenters. The fourth-order valence-corrected chi connectivity index (χ4v) is 3.84. The highest BCUT2D eigenvalue weighted by Gasteiger charge is 2.24. The third-order valence-corrected chi connectivity index (χ3v) is 5.12. The summed E-state index contributed by atoms with van der Waals surface area (Å²) in [7, 11) is 0. The first kappa shape index (κ1) is 15.7. The molecule has 0 saturated carbocycles. The molecule has 1 aromatic heterocycles. The van der Waals surface area contributed by atoms with Crippen LogP contribution in [0.4, 0.5) is 5.82 Å². The Balaban J connectivity index is 1.23. The zero-order valence-corrected chi connectivity index (χ0v) is 14.4. The summed E-state index contributed by atoms with van der Waals surface area (Å²) in [5, 5.41) is 11.8. The molecule has 1 fully saturated rings. The summed E-state index contributed by atoms with van der Waals surface area (Å²) in [6.45, 7) is 8.59. The van der Waals surface area contributed by atoms with Crippen LogP contribution >= 0.6 is 0 Å².